The van der Waals surface area contributed by atoms with E-state index in [0.717, 1.165) is 16.8 Å². The lowest BCUT2D eigenvalue weighted by Gasteiger charge is -2.08. The van der Waals surface area contributed by atoms with E-state index >= 15 is 0 Å². The molecule has 0 aliphatic heterocycles. The quantitative estimate of drug-likeness (QED) is 0.749. The van der Waals surface area contributed by atoms with Crippen molar-refractivity contribution < 1.29 is 8.60 Å². The number of aryl methyl sites for hydroxylation is 1. The fraction of sp³-hybridized carbons (Fsp3) is 0.158. The van der Waals surface area contributed by atoms with E-state index in [1.54, 1.807) is 22.9 Å². The number of aromatic nitrogens is 2. The molecule has 0 fully saturated rings. The highest BCUT2D eigenvalue weighted by atomic mass is 32.2. The molecule has 5 nitrogen and oxygen atoms in total. The number of anilines is 1. The lowest BCUT2D eigenvalue weighted by atomic mass is 10.1. The van der Waals surface area contributed by atoms with E-state index in [-0.39, 0.29) is 4.90 Å². The van der Waals surface area contributed by atoms with E-state index in [0.29, 0.717) is 17.8 Å². The number of benzene rings is 2. The van der Waals surface area contributed by atoms with Crippen molar-refractivity contribution in [1.82, 2.24) is 9.78 Å². The minimum Gasteiger partial charge on any atom is -0.381 e. The fourth-order valence-electron chi connectivity index (χ4n) is 2.65. The van der Waals surface area contributed by atoms with E-state index in [9.17, 15) is 8.60 Å². The highest BCUT2D eigenvalue weighted by Crippen LogP contribution is 2.24. The van der Waals surface area contributed by atoms with Crippen molar-refractivity contribution in [3.05, 3.63) is 65.6 Å². The fourth-order valence-corrected chi connectivity index (χ4v) is 3.25. The van der Waals surface area contributed by atoms with Crippen molar-refractivity contribution in [1.29, 1.82) is 5.26 Å². The summed E-state index contributed by atoms with van der Waals surface area (Å²) in [5.74, 6) is -0.491. The topological polar surface area (TPSA) is 70.7 Å². The molecule has 26 heavy (non-hydrogen) atoms. The zero-order valence-electron chi connectivity index (χ0n) is 14.4. The van der Waals surface area contributed by atoms with Gasteiger partial charge in [-0.2, -0.15) is 10.4 Å². The summed E-state index contributed by atoms with van der Waals surface area (Å²) in [4.78, 5) is 0.190. The summed E-state index contributed by atoms with van der Waals surface area (Å²) in [5.41, 5.74) is 3.85. The van der Waals surface area contributed by atoms with Crippen LogP contribution in [0.4, 0.5) is 10.1 Å². The van der Waals surface area contributed by atoms with Crippen molar-refractivity contribution in [3.8, 4) is 17.3 Å². The molecule has 2 aromatic carbocycles. The smallest absolute Gasteiger partial charge is 0.141 e. The summed E-state index contributed by atoms with van der Waals surface area (Å²) < 4.78 is 27.1. The minimum absolute atomic E-state index is 0.190. The predicted octanol–water partition coefficient (Wildman–Crippen LogP) is 3.45. The van der Waals surface area contributed by atoms with E-state index in [1.165, 1.54) is 18.4 Å². The van der Waals surface area contributed by atoms with Crippen molar-refractivity contribution in [2.45, 2.75) is 11.4 Å². The molecular weight excluding hydrogens is 351 g/mol. The van der Waals surface area contributed by atoms with Crippen molar-refractivity contribution in [2.24, 2.45) is 7.05 Å². The lowest BCUT2D eigenvalue weighted by Crippen LogP contribution is -2.01. The first-order valence-corrected chi connectivity index (χ1v) is 9.43. The first-order valence-electron chi connectivity index (χ1n) is 7.88. The summed E-state index contributed by atoms with van der Waals surface area (Å²) in [6, 6.07) is 13.9. The SMILES string of the molecule is Cn1cc(CNc2ccc([S@@](C)=O)c(F)c2)c(-c2ccc(C#N)cc2)n1. The molecule has 132 valence electrons. The second kappa shape index (κ2) is 7.50. The van der Waals surface area contributed by atoms with Crippen molar-refractivity contribution in [3.63, 3.8) is 0 Å². The van der Waals surface area contributed by atoms with Gasteiger partial charge in [0.15, 0.2) is 0 Å². The average molecular weight is 368 g/mol. The summed E-state index contributed by atoms with van der Waals surface area (Å²) >= 11 is 0. The predicted molar refractivity (Wildman–Crippen MR) is 99.4 cm³/mol. The highest BCUT2D eigenvalue weighted by Gasteiger charge is 2.11. The molecule has 0 radical (unpaired) electrons. The standard InChI is InChI=1S/C19H17FN4OS/c1-24-12-15(19(23-24)14-5-3-13(10-21)4-6-14)11-22-16-7-8-18(26(2)25)17(20)9-16/h3-9,12,22H,11H2,1-2H3/t26-/m1/s1. The van der Waals surface area contributed by atoms with Crippen LogP contribution < -0.4 is 5.32 Å². The Bertz CT molecular complexity index is 1010. The maximum atomic E-state index is 14.0. The van der Waals surface area contributed by atoms with Gasteiger partial charge in [-0.25, -0.2) is 4.39 Å². The van der Waals surface area contributed by atoms with Crippen LogP contribution in [-0.2, 0) is 24.4 Å². The largest absolute Gasteiger partial charge is 0.381 e. The summed E-state index contributed by atoms with van der Waals surface area (Å²) in [6.45, 7) is 0.456. The van der Waals surface area contributed by atoms with Gasteiger partial charge in [0.25, 0.3) is 0 Å². The first-order chi connectivity index (χ1) is 12.5. The molecule has 1 heterocycles. The van der Waals surface area contributed by atoms with Crippen LogP contribution in [0.2, 0.25) is 0 Å². The van der Waals surface area contributed by atoms with E-state index in [1.807, 2.05) is 25.4 Å². The van der Waals surface area contributed by atoms with Gasteiger partial charge in [-0.05, 0) is 30.3 Å². The highest BCUT2D eigenvalue weighted by molar-refractivity contribution is 7.84. The molecule has 1 N–H and O–H groups in total. The molecule has 0 aliphatic carbocycles. The lowest BCUT2D eigenvalue weighted by molar-refractivity contribution is 0.596. The van der Waals surface area contributed by atoms with Gasteiger partial charge >= 0.3 is 0 Å². The molecule has 3 aromatic rings. The zero-order chi connectivity index (χ0) is 18.7. The maximum Gasteiger partial charge on any atom is 0.141 e. The van der Waals surface area contributed by atoms with Crippen LogP contribution in [0.5, 0.6) is 0 Å². The van der Waals surface area contributed by atoms with Crippen LogP contribution in [0.25, 0.3) is 11.3 Å². The summed E-state index contributed by atoms with van der Waals surface area (Å²) in [7, 11) is 0.479. The Hall–Kier alpha value is -2.98. The van der Waals surface area contributed by atoms with Gasteiger partial charge in [-0.3, -0.25) is 8.89 Å². The number of nitriles is 1. The number of rotatable bonds is 5. The third-order valence-corrected chi connectivity index (χ3v) is 4.87. The molecule has 0 spiro atoms. The normalized spacial score (nSPS) is 11.8. The van der Waals surface area contributed by atoms with Crippen LogP contribution in [0, 0.1) is 17.1 Å². The van der Waals surface area contributed by atoms with Gasteiger partial charge in [-0.1, -0.05) is 12.1 Å². The number of hydrogen-bond donors (Lipinski definition) is 1. The maximum absolute atomic E-state index is 14.0. The van der Waals surface area contributed by atoms with Crippen LogP contribution in [0.1, 0.15) is 11.1 Å². The van der Waals surface area contributed by atoms with Gasteiger partial charge < -0.3 is 5.32 Å². The van der Waals surface area contributed by atoms with Crippen LogP contribution >= 0.6 is 0 Å². The first kappa shape index (κ1) is 17.8. The molecule has 1 aromatic heterocycles. The Morgan fingerprint density at radius 2 is 2.00 bits per heavy atom. The molecule has 0 saturated carbocycles. The summed E-state index contributed by atoms with van der Waals surface area (Å²) in [5, 5.41) is 16.6. The molecule has 7 heteroatoms. The van der Waals surface area contributed by atoms with Gasteiger partial charge in [0.05, 0.1) is 33.0 Å². The molecule has 0 unspecified atom stereocenters. The average Bonchev–Trinajstić information content (AvgIpc) is 3.00. The Balaban J connectivity index is 1.81. The van der Waals surface area contributed by atoms with Crippen molar-refractivity contribution >= 4 is 16.5 Å². The molecule has 0 bridgehead atoms. The molecular formula is C19H17FN4OS. The van der Waals surface area contributed by atoms with Crippen LogP contribution in [0.15, 0.2) is 53.6 Å². The Labute approximate surface area is 153 Å². The van der Waals surface area contributed by atoms with E-state index < -0.39 is 16.6 Å². The van der Waals surface area contributed by atoms with Gasteiger partial charge in [0.2, 0.25) is 0 Å². The number of halogens is 1. The molecule has 0 saturated heterocycles. The van der Waals surface area contributed by atoms with Crippen molar-refractivity contribution in [2.75, 3.05) is 11.6 Å². The number of nitrogens with zero attached hydrogens (tertiary/aromatic N) is 3. The Kier molecular flexibility index (Phi) is 5.14. The van der Waals surface area contributed by atoms with Gasteiger partial charge in [0.1, 0.15) is 5.82 Å². The molecule has 1 atom stereocenters. The molecule has 3 rings (SSSR count). The van der Waals surface area contributed by atoms with E-state index in [4.69, 9.17) is 5.26 Å². The monoisotopic (exact) mass is 368 g/mol. The van der Waals surface area contributed by atoms with E-state index in [2.05, 4.69) is 16.5 Å². The van der Waals surface area contributed by atoms with Gasteiger partial charge in [0, 0.05) is 42.9 Å². The third kappa shape index (κ3) is 3.81. The van der Waals surface area contributed by atoms with Gasteiger partial charge in [-0.15, -0.1) is 0 Å². The summed E-state index contributed by atoms with van der Waals surface area (Å²) in [6.07, 6.45) is 3.34. The number of hydrogen-bond acceptors (Lipinski definition) is 4. The Morgan fingerprint density at radius 1 is 1.27 bits per heavy atom. The molecule has 0 amide bonds. The third-order valence-electron chi connectivity index (χ3n) is 3.92. The second-order valence-electron chi connectivity index (χ2n) is 5.82. The zero-order valence-corrected chi connectivity index (χ0v) is 15.2. The van der Waals surface area contributed by atoms with Crippen LogP contribution in [0.3, 0.4) is 0 Å². The Morgan fingerprint density at radius 3 is 2.62 bits per heavy atom. The molecule has 0 aliphatic rings. The van der Waals surface area contributed by atoms with Crippen LogP contribution in [-0.4, -0.2) is 20.2 Å². The second-order valence-corrected chi connectivity index (χ2v) is 7.17. The number of nitrogens with one attached hydrogen (secondary N) is 1. The minimum atomic E-state index is -1.36.